The molecule has 11 heteroatoms. The molecular formula is C18H14N4O6S. The highest BCUT2D eigenvalue weighted by Gasteiger charge is 2.10. The molecule has 3 aromatic rings. The number of hydrogen-bond donors (Lipinski definition) is 4. The van der Waals surface area contributed by atoms with Crippen LogP contribution in [0.1, 0.15) is 0 Å². The van der Waals surface area contributed by atoms with E-state index in [4.69, 9.17) is 4.55 Å². The fourth-order valence-electron chi connectivity index (χ4n) is 2.17. The first-order chi connectivity index (χ1) is 13.7. The lowest BCUT2D eigenvalue weighted by atomic mass is 10.2. The van der Waals surface area contributed by atoms with E-state index < -0.39 is 10.1 Å². The van der Waals surface area contributed by atoms with Crippen LogP contribution < -0.4 is 0 Å². The summed E-state index contributed by atoms with van der Waals surface area (Å²) in [6, 6.07) is 13.4. The molecule has 0 atom stereocenters. The number of aromatic hydroxyl groups is 3. The molecule has 3 rings (SSSR count). The highest BCUT2D eigenvalue weighted by atomic mass is 32.2. The normalized spacial score (nSPS) is 12.0. The zero-order chi connectivity index (χ0) is 21.0. The number of para-hydroxylation sites is 1. The molecule has 0 aliphatic rings. The van der Waals surface area contributed by atoms with Crippen molar-refractivity contribution < 1.29 is 28.3 Å². The lowest BCUT2D eigenvalue weighted by Crippen LogP contribution is -1.96. The minimum absolute atomic E-state index is 0.0262. The van der Waals surface area contributed by atoms with Crippen LogP contribution >= 0.6 is 0 Å². The van der Waals surface area contributed by atoms with Crippen LogP contribution in [-0.4, -0.2) is 28.3 Å². The number of rotatable bonds is 5. The fraction of sp³-hybridized carbons (Fsp3) is 0. The molecule has 0 heterocycles. The summed E-state index contributed by atoms with van der Waals surface area (Å²) in [6.45, 7) is 0. The number of hydrogen-bond acceptors (Lipinski definition) is 9. The maximum Gasteiger partial charge on any atom is 0.294 e. The Labute approximate surface area is 164 Å². The lowest BCUT2D eigenvalue weighted by molar-refractivity contribution is 0.452. The number of nitrogens with zero attached hydrogens (tertiary/aromatic N) is 4. The summed E-state index contributed by atoms with van der Waals surface area (Å²) >= 11 is 0. The van der Waals surface area contributed by atoms with E-state index in [0.29, 0.717) is 0 Å². The Morgan fingerprint density at radius 3 is 1.76 bits per heavy atom. The van der Waals surface area contributed by atoms with Crippen molar-refractivity contribution in [2.45, 2.75) is 4.90 Å². The van der Waals surface area contributed by atoms with Crippen molar-refractivity contribution in [3.05, 3.63) is 60.7 Å². The van der Waals surface area contributed by atoms with Gasteiger partial charge in [0.15, 0.2) is 0 Å². The molecule has 29 heavy (non-hydrogen) atoms. The van der Waals surface area contributed by atoms with E-state index in [1.54, 1.807) is 12.1 Å². The third kappa shape index (κ3) is 4.91. The maximum atomic E-state index is 11.0. The molecule has 0 aliphatic carbocycles. The summed E-state index contributed by atoms with van der Waals surface area (Å²) < 4.78 is 31.0. The van der Waals surface area contributed by atoms with Crippen LogP contribution in [0.2, 0.25) is 0 Å². The Morgan fingerprint density at radius 2 is 1.17 bits per heavy atom. The van der Waals surface area contributed by atoms with E-state index in [2.05, 4.69) is 20.5 Å². The zero-order valence-electron chi connectivity index (χ0n) is 14.6. The second kappa shape index (κ2) is 8.04. The maximum absolute atomic E-state index is 11.0. The van der Waals surface area contributed by atoms with E-state index in [1.807, 2.05) is 0 Å². The van der Waals surface area contributed by atoms with Gasteiger partial charge in [0.05, 0.1) is 10.6 Å². The van der Waals surface area contributed by atoms with Gasteiger partial charge in [-0.2, -0.15) is 13.5 Å². The fourth-order valence-corrected chi connectivity index (χ4v) is 2.65. The van der Waals surface area contributed by atoms with Crippen LogP contribution in [0.4, 0.5) is 22.7 Å². The monoisotopic (exact) mass is 414 g/mol. The third-order valence-electron chi connectivity index (χ3n) is 3.63. The Hall–Kier alpha value is -3.83. The van der Waals surface area contributed by atoms with Gasteiger partial charge < -0.3 is 15.3 Å². The van der Waals surface area contributed by atoms with Crippen LogP contribution in [0.25, 0.3) is 0 Å². The van der Waals surface area contributed by atoms with Crippen LogP contribution in [0, 0.1) is 0 Å². The highest BCUT2D eigenvalue weighted by molar-refractivity contribution is 7.85. The summed E-state index contributed by atoms with van der Waals surface area (Å²) in [7, 11) is -4.32. The molecule has 0 bridgehead atoms. The van der Waals surface area contributed by atoms with Gasteiger partial charge in [-0.3, -0.25) is 4.55 Å². The predicted molar refractivity (Wildman–Crippen MR) is 102 cm³/mol. The molecule has 4 N–H and O–H groups in total. The zero-order valence-corrected chi connectivity index (χ0v) is 15.4. The second-order valence-electron chi connectivity index (χ2n) is 5.69. The van der Waals surface area contributed by atoms with E-state index in [9.17, 15) is 23.7 Å². The standard InChI is InChI=1S/C18H14N4O6S/c23-16-4-2-1-3-13(16)20-22-15-9-14(17(24)10-18(15)25)21-19-11-5-7-12(8-6-11)29(26,27)28/h1-10,23-25H,(H,26,27,28). The van der Waals surface area contributed by atoms with E-state index >= 15 is 0 Å². The first-order valence-electron chi connectivity index (χ1n) is 7.99. The SMILES string of the molecule is O=S(=O)(O)c1ccc(N=Nc2cc(N=Nc3ccccc3O)c(O)cc2O)cc1. The van der Waals surface area contributed by atoms with E-state index in [-0.39, 0.29) is 44.9 Å². The van der Waals surface area contributed by atoms with Gasteiger partial charge in [0.1, 0.15) is 34.3 Å². The van der Waals surface area contributed by atoms with Crippen molar-refractivity contribution in [3.63, 3.8) is 0 Å². The van der Waals surface area contributed by atoms with Gasteiger partial charge in [-0.15, -0.1) is 15.3 Å². The van der Waals surface area contributed by atoms with Crippen molar-refractivity contribution >= 4 is 32.9 Å². The summed E-state index contributed by atoms with van der Waals surface area (Å²) in [5.74, 6) is -0.830. The van der Waals surface area contributed by atoms with E-state index in [1.165, 1.54) is 30.3 Å². The first kappa shape index (κ1) is 19.9. The van der Waals surface area contributed by atoms with Gasteiger partial charge >= 0.3 is 0 Å². The minimum atomic E-state index is -4.32. The van der Waals surface area contributed by atoms with Crippen LogP contribution in [0.15, 0.2) is 86.0 Å². The van der Waals surface area contributed by atoms with Gasteiger partial charge in [0, 0.05) is 12.1 Å². The van der Waals surface area contributed by atoms with E-state index in [0.717, 1.165) is 18.2 Å². The van der Waals surface area contributed by atoms with Gasteiger partial charge in [0.2, 0.25) is 0 Å². The second-order valence-corrected chi connectivity index (χ2v) is 7.11. The van der Waals surface area contributed by atoms with Crippen LogP contribution in [0.5, 0.6) is 17.2 Å². The largest absolute Gasteiger partial charge is 0.506 e. The van der Waals surface area contributed by atoms with Crippen molar-refractivity contribution in [1.82, 2.24) is 0 Å². The Morgan fingerprint density at radius 1 is 0.621 bits per heavy atom. The molecule has 0 fully saturated rings. The smallest absolute Gasteiger partial charge is 0.294 e. The molecule has 3 aromatic carbocycles. The van der Waals surface area contributed by atoms with Crippen molar-refractivity contribution in [1.29, 1.82) is 0 Å². The summed E-state index contributed by atoms with van der Waals surface area (Å²) in [4.78, 5) is -0.296. The molecule has 0 saturated heterocycles. The molecule has 0 amide bonds. The predicted octanol–water partition coefficient (Wildman–Crippen LogP) is 4.88. The van der Waals surface area contributed by atoms with Gasteiger partial charge in [-0.05, 0) is 36.4 Å². The summed E-state index contributed by atoms with van der Waals surface area (Å²) in [5, 5.41) is 44.9. The molecule has 148 valence electrons. The molecular weight excluding hydrogens is 400 g/mol. The molecule has 0 unspecified atom stereocenters. The average Bonchev–Trinajstić information content (AvgIpc) is 2.67. The topological polar surface area (TPSA) is 164 Å². The highest BCUT2D eigenvalue weighted by Crippen LogP contribution is 2.40. The van der Waals surface area contributed by atoms with Crippen LogP contribution in [-0.2, 0) is 10.1 Å². The molecule has 0 radical (unpaired) electrons. The van der Waals surface area contributed by atoms with Crippen LogP contribution in [0.3, 0.4) is 0 Å². The minimum Gasteiger partial charge on any atom is -0.506 e. The van der Waals surface area contributed by atoms with Gasteiger partial charge in [-0.1, -0.05) is 12.1 Å². The molecule has 10 nitrogen and oxygen atoms in total. The van der Waals surface area contributed by atoms with Crippen molar-refractivity contribution in [2.24, 2.45) is 20.5 Å². The summed E-state index contributed by atoms with van der Waals surface area (Å²) in [6.07, 6.45) is 0. The van der Waals surface area contributed by atoms with Gasteiger partial charge in [-0.25, -0.2) is 0 Å². The quantitative estimate of drug-likeness (QED) is 0.343. The van der Waals surface area contributed by atoms with Crippen molar-refractivity contribution in [2.75, 3.05) is 0 Å². The Kier molecular flexibility index (Phi) is 5.52. The van der Waals surface area contributed by atoms with Crippen molar-refractivity contribution in [3.8, 4) is 17.2 Å². The molecule has 0 aliphatic heterocycles. The molecule has 0 saturated carbocycles. The Bertz CT molecular complexity index is 1210. The van der Waals surface area contributed by atoms with Gasteiger partial charge in [0.25, 0.3) is 10.1 Å². The number of phenols is 3. The molecule has 0 spiro atoms. The lowest BCUT2D eigenvalue weighted by Gasteiger charge is -2.03. The number of benzene rings is 3. The third-order valence-corrected chi connectivity index (χ3v) is 4.49. The number of azo groups is 2. The average molecular weight is 414 g/mol. The first-order valence-corrected chi connectivity index (χ1v) is 9.43. The number of phenolic OH excluding ortho intramolecular Hbond substituents is 3. The Balaban J connectivity index is 1.87. The summed E-state index contributed by atoms with van der Waals surface area (Å²) in [5.41, 5.74) is 0.374. The molecule has 0 aromatic heterocycles.